The summed E-state index contributed by atoms with van der Waals surface area (Å²) in [5.41, 5.74) is 2.30. The van der Waals surface area contributed by atoms with Gasteiger partial charge in [-0.3, -0.25) is 0 Å². The molecule has 1 unspecified atom stereocenters. The number of aliphatic hydroxyl groups excluding tert-OH is 1. The molecular weight excluding hydrogens is 241 g/mol. The Hall–Kier alpha value is -1.72. The van der Waals surface area contributed by atoms with Crippen molar-refractivity contribution in [1.29, 1.82) is 0 Å². The Morgan fingerprint density at radius 1 is 1.41 bits per heavy atom. The lowest BCUT2D eigenvalue weighted by Gasteiger charge is -2.02. The zero-order valence-corrected chi connectivity index (χ0v) is 9.45. The van der Waals surface area contributed by atoms with Crippen molar-refractivity contribution >= 4 is 22.3 Å². The molecule has 0 aliphatic heterocycles. The van der Waals surface area contributed by atoms with Crippen molar-refractivity contribution in [3.05, 3.63) is 52.4 Å². The van der Waals surface area contributed by atoms with E-state index in [4.69, 9.17) is 4.42 Å². The van der Waals surface area contributed by atoms with Gasteiger partial charge in [0.2, 0.25) is 0 Å². The zero-order chi connectivity index (χ0) is 11.8. The standard InChI is InChI=1S/C12H8FNO2S/c13-8-3-1-2-7-4-10(16-12(7)8)11(15)9-5-17-6-14-9/h1-6,11,15H. The lowest BCUT2D eigenvalue weighted by Crippen LogP contribution is -1.97. The van der Waals surface area contributed by atoms with E-state index in [1.54, 1.807) is 29.1 Å². The van der Waals surface area contributed by atoms with Crippen LogP contribution >= 0.6 is 11.3 Å². The summed E-state index contributed by atoms with van der Waals surface area (Å²) >= 11 is 1.39. The van der Waals surface area contributed by atoms with Gasteiger partial charge in [0.25, 0.3) is 0 Å². The molecule has 0 saturated heterocycles. The van der Waals surface area contributed by atoms with Crippen molar-refractivity contribution in [2.24, 2.45) is 0 Å². The van der Waals surface area contributed by atoms with E-state index in [0.29, 0.717) is 16.8 Å². The number of furan rings is 1. The summed E-state index contributed by atoms with van der Waals surface area (Å²) < 4.78 is 18.7. The van der Waals surface area contributed by atoms with Crippen LogP contribution in [0, 0.1) is 5.82 Å². The van der Waals surface area contributed by atoms with Gasteiger partial charge in [-0.2, -0.15) is 0 Å². The summed E-state index contributed by atoms with van der Waals surface area (Å²) in [6, 6.07) is 6.29. The van der Waals surface area contributed by atoms with E-state index < -0.39 is 11.9 Å². The molecule has 3 nitrogen and oxygen atoms in total. The lowest BCUT2D eigenvalue weighted by molar-refractivity contribution is 0.188. The quantitative estimate of drug-likeness (QED) is 0.759. The van der Waals surface area contributed by atoms with Crippen LogP contribution in [0.15, 0.2) is 39.6 Å². The molecule has 1 aromatic carbocycles. The molecule has 0 fully saturated rings. The van der Waals surface area contributed by atoms with Crippen LogP contribution in [0.4, 0.5) is 4.39 Å². The summed E-state index contributed by atoms with van der Waals surface area (Å²) in [6.07, 6.45) is -0.951. The van der Waals surface area contributed by atoms with Crippen molar-refractivity contribution < 1.29 is 13.9 Å². The van der Waals surface area contributed by atoms with E-state index in [1.807, 2.05) is 0 Å². The predicted molar refractivity (Wildman–Crippen MR) is 62.3 cm³/mol. The SMILES string of the molecule is OC(c1cscn1)c1cc2cccc(F)c2o1. The molecule has 0 spiro atoms. The summed E-state index contributed by atoms with van der Waals surface area (Å²) in [6.45, 7) is 0. The maximum absolute atomic E-state index is 13.4. The van der Waals surface area contributed by atoms with E-state index >= 15 is 0 Å². The van der Waals surface area contributed by atoms with Crippen LogP contribution in [0.1, 0.15) is 17.6 Å². The minimum Gasteiger partial charge on any atom is -0.455 e. The molecule has 5 heteroatoms. The van der Waals surface area contributed by atoms with E-state index in [2.05, 4.69) is 4.98 Å². The first kappa shape index (κ1) is 10.4. The molecule has 0 amide bonds. The second-order valence-corrected chi connectivity index (χ2v) is 4.34. The molecule has 3 aromatic rings. The van der Waals surface area contributed by atoms with Crippen LogP contribution in [0.5, 0.6) is 0 Å². The van der Waals surface area contributed by atoms with E-state index in [-0.39, 0.29) is 5.58 Å². The number of fused-ring (bicyclic) bond motifs is 1. The number of para-hydroxylation sites is 1. The highest BCUT2D eigenvalue weighted by atomic mass is 32.1. The fourth-order valence-corrected chi connectivity index (χ4v) is 2.26. The van der Waals surface area contributed by atoms with Crippen molar-refractivity contribution in [3.63, 3.8) is 0 Å². The molecule has 2 heterocycles. The molecular formula is C12H8FNO2S. The second kappa shape index (κ2) is 3.94. The normalized spacial score (nSPS) is 13.1. The molecule has 1 atom stereocenters. The second-order valence-electron chi connectivity index (χ2n) is 3.62. The summed E-state index contributed by atoms with van der Waals surface area (Å²) in [5, 5.41) is 12.4. The molecule has 0 aliphatic carbocycles. The number of halogens is 1. The number of thiazole rings is 1. The minimum atomic E-state index is -0.951. The van der Waals surface area contributed by atoms with E-state index in [1.165, 1.54) is 17.4 Å². The largest absolute Gasteiger partial charge is 0.455 e. The zero-order valence-electron chi connectivity index (χ0n) is 8.63. The first-order valence-electron chi connectivity index (χ1n) is 5.00. The Labute approximate surface area is 100 Å². The molecule has 86 valence electrons. The average Bonchev–Trinajstić information content (AvgIpc) is 2.98. The molecule has 1 N–H and O–H groups in total. The van der Waals surface area contributed by atoms with Crippen molar-refractivity contribution in [2.75, 3.05) is 0 Å². The summed E-state index contributed by atoms with van der Waals surface area (Å²) in [4.78, 5) is 4.00. The van der Waals surface area contributed by atoms with Gasteiger partial charge in [0.05, 0.1) is 11.2 Å². The van der Waals surface area contributed by atoms with Gasteiger partial charge in [0.15, 0.2) is 17.5 Å². The molecule has 2 aromatic heterocycles. The number of benzene rings is 1. The Bertz CT molecular complexity index is 648. The van der Waals surface area contributed by atoms with Crippen LogP contribution in [-0.2, 0) is 0 Å². The van der Waals surface area contributed by atoms with Crippen LogP contribution in [-0.4, -0.2) is 10.1 Å². The highest BCUT2D eigenvalue weighted by Crippen LogP contribution is 2.29. The van der Waals surface area contributed by atoms with Gasteiger partial charge in [0.1, 0.15) is 5.76 Å². The minimum absolute atomic E-state index is 0.164. The highest BCUT2D eigenvalue weighted by Gasteiger charge is 2.18. The fourth-order valence-electron chi connectivity index (χ4n) is 1.68. The van der Waals surface area contributed by atoms with Gasteiger partial charge in [-0.05, 0) is 12.1 Å². The average molecular weight is 249 g/mol. The Morgan fingerprint density at radius 3 is 3.00 bits per heavy atom. The molecule has 3 rings (SSSR count). The first-order chi connectivity index (χ1) is 8.25. The molecule has 0 saturated carbocycles. The third-order valence-corrected chi connectivity index (χ3v) is 3.12. The van der Waals surface area contributed by atoms with Gasteiger partial charge in [0, 0.05) is 10.8 Å². The Morgan fingerprint density at radius 2 is 2.29 bits per heavy atom. The van der Waals surface area contributed by atoms with Crippen LogP contribution in [0.2, 0.25) is 0 Å². The van der Waals surface area contributed by atoms with E-state index in [9.17, 15) is 9.50 Å². The van der Waals surface area contributed by atoms with Gasteiger partial charge < -0.3 is 9.52 Å². The first-order valence-corrected chi connectivity index (χ1v) is 5.94. The smallest absolute Gasteiger partial charge is 0.170 e. The lowest BCUT2D eigenvalue weighted by atomic mass is 10.2. The van der Waals surface area contributed by atoms with Crippen LogP contribution in [0.25, 0.3) is 11.0 Å². The van der Waals surface area contributed by atoms with Crippen LogP contribution < -0.4 is 0 Å². The van der Waals surface area contributed by atoms with Crippen molar-refractivity contribution in [2.45, 2.75) is 6.10 Å². The maximum Gasteiger partial charge on any atom is 0.170 e. The number of hydrogen-bond acceptors (Lipinski definition) is 4. The maximum atomic E-state index is 13.4. The monoisotopic (exact) mass is 249 g/mol. The van der Waals surface area contributed by atoms with E-state index in [0.717, 1.165) is 0 Å². The Balaban J connectivity index is 2.10. The molecule has 0 bridgehead atoms. The fraction of sp³-hybridized carbons (Fsp3) is 0.0833. The van der Waals surface area contributed by atoms with Crippen molar-refractivity contribution in [1.82, 2.24) is 4.98 Å². The number of nitrogens with zero attached hydrogens (tertiary/aromatic N) is 1. The van der Waals surface area contributed by atoms with Gasteiger partial charge in [-0.1, -0.05) is 12.1 Å². The summed E-state index contributed by atoms with van der Waals surface area (Å²) in [5.74, 6) is -0.129. The third-order valence-electron chi connectivity index (χ3n) is 2.52. The van der Waals surface area contributed by atoms with Gasteiger partial charge in [-0.15, -0.1) is 11.3 Å². The topological polar surface area (TPSA) is 46.3 Å². The molecule has 0 radical (unpaired) electrons. The number of rotatable bonds is 2. The number of aliphatic hydroxyl groups is 1. The third kappa shape index (κ3) is 1.73. The molecule has 17 heavy (non-hydrogen) atoms. The number of aromatic nitrogens is 1. The van der Waals surface area contributed by atoms with Gasteiger partial charge in [-0.25, -0.2) is 9.37 Å². The van der Waals surface area contributed by atoms with Gasteiger partial charge >= 0.3 is 0 Å². The summed E-state index contributed by atoms with van der Waals surface area (Å²) in [7, 11) is 0. The predicted octanol–water partition coefficient (Wildman–Crippen LogP) is 3.11. The number of hydrogen-bond donors (Lipinski definition) is 1. The van der Waals surface area contributed by atoms with Crippen molar-refractivity contribution in [3.8, 4) is 0 Å². The Kier molecular flexibility index (Phi) is 2.42. The molecule has 0 aliphatic rings. The highest BCUT2D eigenvalue weighted by molar-refractivity contribution is 7.07. The van der Waals surface area contributed by atoms with Crippen LogP contribution in [0.3, 0.4) is 0 Å².